The molecule has 2 rings (SSSR count). The average molecular weight is 384 g/mol. The van der Waals surface area contributed by atoms with Gasteiger partial charge in [0.15, 0.2) is 0 Å². The summed E-state index contributed by atoms with van der Waals surface area (Å²) in [6, 6.07) is 4.08. The van der Waals surface area contributed by atoms with Crippen LogP contribution in [0.15, 0.2) is 41.6 Å². The Labute approximate surface area is 169 Å². The monoisotopic (exact) mass is 383 g/mol. The SMILES string of the molecule is CCO/N=C1\C=C\CC/C=C/C[C@@H](C(C)C)OC(=O)c2c(C)cc(C)cc2C1. The third-order valence-electron chi connectivity index (χ3n) is 4.80. The third-order valence-corrected chi connectivity index (χ3v) is 4.80. The lowest BCUT2D eigenvalue weighted by molar-refractivity contribution is 0.0191. The van der Waals surface area contributed by atoms with E-state index in [2.05, 4.69) is 43.3 Å². The van der Waals surface area contributed by atoms with Crippen molar-refractivity contribution in [1.82, 2.24) is 0 Å². The highest BCUT2D eigenvalue weighted by Gasteiger charge is 2.23. The molecule has 152 valence electrons. The van der Waals surface area contributed by atoms with Crippen LogP contribution in [-0.2, 0) is 16.0 Å². The number of benzene rings is 1. The van der Waals surface area contributed by atoms with Crippen LogP contribution < -0.4 is 0 Å². The first kappa shape index (κ1) is 21.9. The normalized spacial score (nSPS) is 22.3. The summed E-state index contributed by atoms with van der Waals surface area (Å²) >= 11 is 0. The smallest absolute Gasteiger partial charge is 0.338 e. The second-order valence-electron chi connectivity index (χ2n) is 7.67. The van der Waals surface area contributed by atoms with E-state index in [1.807, 2.05) is 32.9 Å². The molecule has 1 heterocycles. The molecule has 1 aliphatic heterocycles. The summed E-state index contributed by atoms with van der Waals surface area (Å²) in [6.07, 6.45) is 11.4. The molecule has 1 aliphatic rings. The van der Waals surface area contributed by atoms with Gasteiger partial charge in [-0.3, -0.25) is 0 Å². The maximum absolute atomic E-state index is 13.1. The number of rotatable bonds is 3. The molecule has 0 aromatic heterocycles. The number of carbonyl (C=O) groups is 1. The van der Waals surface area contributed by atoms with Crippen LogP contribution in [0.2, 0.25) is 0 Å². The van der Waals surface area contributed by atoms with Crippen LogP contribution >= 0.6 is 0 Å². The minimum atomic E-state index is -0.253. The van der Waals surface area contributed by atoms with Gasteiger partial charge in [0.1, 0.15) is 12.7 Å². The summed E-state index contributed by atoms with van der Waals surface area (Å²) in [4.78, 5) is 18.4. The molecule has 0 saturated carbocycles. The topological polar surface area (TPSA) is 47.9 Å². The Morgan fingerprint density at radius 1 is 1.18 bits per heavy atom. The lowest BCUT2D eigenvalue weighted by Gasteiger charge is -2.22. The predicted octanol–water partition coefficient (Wildman–Crippen LogP) is 5.72. The van der Waals surface area contributed by atoms with E-state index in [-0.39, 0.29) is 18.0 Å². The van der Waals surface area contributed by atoms with Gasteiger partial charge >= 0.3 is 5.97 Å². The number of oxime groups is 1. The Balaban J connectivity index is 2.49. The largest absolute Gasteiger partial charge is 0.458 e. The van der Waals surface area contributed by atoms with Crippen molar-refractivity contribution >= 4 is 11.7 Å². The van der Waals surface area contributed by atoms with Crippen LogP contribution in [0.1, 0.15) is 67.1 Å². The Morgan fingerprint density at radius 2 is 1.93 bits per heavy atom. The van der Waals surface area contributed by atoms with E-state index in [1.165, 1.54) is 0 Å². The van der Waals surface area contributed by atoms with Crippen molar-refractivity contribution in [2.75, 3.05) is 6.61 Å². The summed E-state index contributed by atoms with van der Waals surface area (Å²) in [6.45, 7) is 10.6. The van der Waals surface area contributed by atoms with Crippen LogP contribution in [0, 0.1) is 19.8 Å². The number of aryl methyl sites for hydroxylation is 2. The van der Waals surface area contributed by atoms with E-state index >= 15 is 0 Å². The number of hydrogen-bond acceptors (Lipinski definition) is 4. The van der Waals surface area contributed by atoms with Gasteiger partial charge in [0.25, 0.3) is 0 Å². The quantitative estimate of drug-likeness (QED) is 0.381. The molecule has 28 heavy (non-hydrogen) atoms. The van der Waals surface area contributed by atoms with Crippen LogP contribution in [-0.4, -0.2) is 24.4 Å². The Morgan fingerprint density at radius 3 is 2.64 bits per heavy atom. The molecule has 1 aromatic carbocycles. The molecule has 4 heteroatoms. The summed E-state index contributed by atoms with van der Waals surface area (Å²) in [5, 5.41) is 4.26. The first-order valence-electron chi connectivity index (χ1n) is 10.2. The number of ether oxygens (including phenoxy) is 1. The molecule has 0 spiro atoms. The minimum Gasteiger partial charge on any atom is -0.458 e. The molecule has 1 aromatic rings. The molecule has 4 nitrogen and oxygen atoms in total. The molecular formula is C24H33NO3. The molecule has 0 aliphatic carbocycles. The lowest BCUT2D eigenvalue weighted by Crippen LogP contribution is -2.25. The molecule has 0 fully saturated rings. The standard InChI is InChI=1S/C24H33NO3/c1-6-27-25-21-12-10-8-7-9-11-13-22(17(2)3)28-24(26)23-19(5)14-18(4)15-20(23)16-21/h9-12,14-15,17,22H,6-8,13,16H2,1-5H3/b11-9+,12-10+,25-21+/t22-/m0/s1. The molecule has 0 unspecified atom stereocenters. The number of nitrogens with zero attached hydrogens (tertiary/aromatic N) is 1. The Bertz CT molecular complexity index is 759. The van der Waals surface area contributed by atoms with Gasteiger partial charge in [-0.05, 0) is 56.7 Å². The minimum absolute atomic E-state index is 0.132. The fourth-order valence-electron chi connectivity index (χ4n) is 3.36. The van der Waals surface area contributed by atoms with Gasteiger partial charge in [0.05, 0.1) is 11.3 Å². The summed E-state index contributed by atoms with van der Waals surface area (Å²) in [7, 11) is 0. The maximum atomic E-state index is 13.1. The fourth-order valence-corrected chi connectivity index (χ4v) is 3.36. The van der Waals surface area contributed by atoms with Gasteiger partial charge in [0, 0.05) is 12.8 Å². The van der Waals surface area contributed by atoms with E-state index in [0.29, 0.717) is 18.6 Å². The van der Waals surface area contributed by atoms with Gasteiger partial charge in [-0.25, -0.2) is 4.79 Å². The van der Waals surface area contributed by atoms with E-state index in [4.69, 9.17) is 9.57 Å². The zero-order valence-electron chi connectivity index (χ0n) is 17.8. The van der Waals surface area contributed by atoms with E-state index in [0.717, 1.165) is 41.7 Å². The lowest BCUT2D eigenvalue weighted by atomic mass is 9.94. The zero-order chi connectivity index (χ0) is 20.5. The van der Waals surface area contributed by atoms with Crippen molar-refractivity contribution in [3.05, 3.63) is 58.7 Å². The second kappa shape index (κ2) is 10.8. The fraction of sp³-hybridized carbons (Fsp3) is 0.500. The Kier molecular flexibility index (Phi) is 8.49. The van der Waals surface area contributed by atoms with Gasteiger partial charge in [0.2, 0.25) is 0 Å². The number of cyclic esters (lactones) is 1. The highest BCUT2D eigenvalue weighted by molar-refractivity contribution is 5.99. The zero-order valence-corrected chi connectivity index (χ0v) is 17.8. The third kappa shape index (κ3) is 6.36. The van der Waals surface area contributed by atoms with Crippen LogP contribution in [0.3, 0.4) is 0 Å². The van der Waals surface area contributed by atoms with Gasteiger partial charge in [-0.15, -0.1) is 0 Å². The molecule has 0 radical (unpaired) electrons. The molecular weight excluding hydrogens is 350 g/mol. The van der Waals surface area contributed by atoms with Crippen molar-refractivity contribution in [3.8, 4) is 0 Å². The van der Waals surface area contributed by atoms with E-state index in [9.17, 15) is 4.79 Å². The van der Waals surface area contributed by atoms with Gasteiger partial charge < -0.3 is 9.57 Å². The highest BCUT2D eigenvalue weighted by atomic mass is 16.6. The molecule has 0 bridgehead atoms. The molecule has 0 amide bonds. The average Bonchev–Trinajstić information content (AvgIpc) is 2.62. The Hall–Kier alpha value is -2.36. The molecule has 0 saturated heterocycles. The summed E-state index contributed by atoms with van der Waals surface area (Å²) < 4.78 is 5.94. The van der Waals surface area contributed by atoms with Crippen molar-refractivity contribution < 1.29 is 14.4 Å². The van der Waals surface area contributed by atoms with Crippen LogP contribution in [0.25, 0.3) is 0 Å². The predicted molar refractivity (Wildman–Crippen MR) is 115 cm³/mol. The number of hydrogen-bond donors (Lipinski definition) is 0. The van der Waals surface area contributed by atoms with Gasteiger partial charge in [-0.1, -0.05) is 54.9 Å². The number of allylic oxidation sites excluding steroid dienone is 3. The van der Waals surface area contributed by atoms with E-state index in [1.54, 1.807) is 0 Å². The van der Waals surface area contributed by atoms with Crippen molar-refractivity contribution in [2.45, 2.75) is 66.4 Å². The molecule has 0 N–H and O–H groups in total. The number of fused-ring (bicyclic) bond motifs is 1. The van der Waals surface area contributed by atoms with Crippen molar-refractivity contribution in [3.63, 3.8) is 0 Å². The van der Waals surface area contributed by atoms with Crippen LogP contribution in [0.5, 0.6) is 0 Å². The van der Waals surface area contributed by atoms with E-state index < -0.39 is 0 Å². The first-order valence-corrected chi connectivity index (χ1v) is 10.2. The second-order valence-corrected chi connectivity index (χ2v) is 7.67. The first-order chi connectivity index (χ1) is 13.4. The van der Waals surface area contributed by atoms with Crippen molar-refractivity contribution in [1.29, 1.82) is 0 Å². The highest BCUT2D eigenvalue weighted by Crippen LogP contribution is 2.23. The number of esters is 1. The van der Waals surface area contributed by atoms with Gasteiger partial charge in [-0.2, -0.15) is 0 Å². The number of carbonyl (C=O) groups excluding carboxylic acids is 1. The summed E-state index contributed by atoms with van der Waals surface area (Å²) in [5.74, 6) is 0.00193. The molecule has 1 atom stereocenters. The summed E-state index contributed by atoms with van der Waals surface area (Å²) in [5.41, 5.74) is 4.44. The van der Waals surface area contributed by atoms with Crippen LogP contribution in [0.4, 0.5) is 0 Å². The maximum Gasteiger partial charge on any atom is 0.338 e. The van der Waals surface area contributed by atoms with Crippen molar-refractivity contribution in [2.24, 2.45) is 11.1 Å².